The molecule has 3 aromatic rings. The number of nitrogens with zero attached hydrogens (tertiary/aromatic N) is 1. The molecule has 3 rings (SSSR count). The number of aromatic nitrogens is 1. The normalized spacial score (nSPS) is 10.7. The van der Waals surface area contributed by atoms with Gasteiger partial charge in [-0.05, 0) is 43.3 Å². The third-order valence-electron chi connectivity index (χ3n) is 3.35. The van der Waals surface area contributed by atoms with Gasteiger partial charge in [0, 0.05) is 22.2 Å². The van der Waals surface area contributed by atoms with Gasteiger partial charge in [0.25, 0.3) is 5.91 Å². The number of carbonyl (C=O) groups is 1. The summed E-state index contributed by atoms with van der Waals surface area (Å²) in [6.07, 6.45) is 0. The first-order chi connectivity index (χ1) is 10.9. The Bertz CT molecular complexity index is 923. The minimum absolute atomic E-state index is 0.0936. The number of aromatic hydroxyl groups is 1. The lowest BCUT2D eigenvalue weighted by molar-refractivity contribution is 0.102. The lowest BCUT2D eigenvalue weighted by Gasteiger charge is -2.10. The van der Waals surface area contributed by atoms with Crippen LogP contribution in [-0.4, -0.2) is 16.0 Å². The molecule has 0 aliphatic rings. The number of phenolic OH excluding ortho intramolecular Hbond substituents is 1. The van der Waals surface area contributed by atoms with Crippen molar-refractivity contribution in [1.82, 2.24) is 4.98 Å². The van der Waals surface area contributed by atoms with Crippen LogP contribution < -0.4 is 5.32 Å². The third-order valence-corrected chi connectivity index (χ3v) is 3.59. The van der Waals surface area contributed by atoms with Gasteiger partial charge < -0.3 is 10.4 Å². The number of phenols is 1. The minimum Gasteiger partial charge on any atom is -0.506 e. The average Bonchev–Trinajstić information content (AvgIpc) is 2.49. The number of hydrogen-bond acceptors (Lipinski definition) is 3. The topological polar surface area (TPSA) is 62.2 Å². The number of hydrogen-bond donors (Lipinski definition) is 2. The number of carbonyl (C=O) groups excluding carboxylic acids is 1. The van der Waals surface area contributed by atoms with Gasteiger partial charge in [0.2, 0.25) is 0 Å². The summed E-state index contributed by atoms with van der Waals surface area (Å²) in [6.45, 7) is 1.72. The van der Waals surface area contributed by atoms with Gasteiger partial charge >= 0.3 is 0 Å². The van der Waals surface area contributed by atoms with Gasteiger partial charge in [-0.3, -0.25) is 9.78 Å². The van der Waals surface area contributed by atoms with Crippen LogP contribution in [0.5, 0.6) is 5.75 Å². The van der Waals surface area contributed by atoms with Crippen molar-refractivity contribution in [1.29, 1.82) is 0 Å². The van der Waals surface area contributed by atoms with E-state index < -0.39 is 11.7 Å². The zero-order valence-electron chi connectivity index (χ0n) is 12.1. The van der Waals surface area contributed by atoms with Gasteiger partial charge in [0.15, 0.2) is 0 Å². The van der Waals surface area contributed by atoms with Crippen LogP contribution in [0.3, 0.4) is 0 Å². The number of anilines is 1. The molecule has 116 valence electrons. The summed E-state index contributed by atoms with van der Waals surface area (Å²) < 4.78 is 13.4. The fourth-order valence-corrected chi connectivity index (χ4v) is 2.49. The minimum atomic E-state index is -0.440. The maximum Gasteiger partial charge on any atom is 0.256 e. The molecule has 0 unspecified atom stereocenters. The third kappa shape index (κ3) is 3.10. The zero-order valence-corrected chi connectivity index (χ0v) is 12.9. The van der Waals surface area contributed by atoms with E-state index in [2.05, 4.69) is 10.3 Å². The van der Waals surface area contributed by atoms with Crippen molar-refractivity contribution >= 4 is 34.1 Å². The highest BCUT2D eigenvalue weighted by Crippen LogP contribution is 2.28. The van der Waals surface area contributed by atoms with Crippen LogP contribution in [0.4, 0.5) is 10.1 Å². The number of rotatable bonds is 2. The molecule has 0 saturated heterocycles. The number of fused-ring (bicyclic) bond motifs is 1. The molecule has 0 bridgehead atoms. The van der Waals surface area contributed by atoms with Crippen molar-refractivity contribution in [3.63, 3.8) is 0 Å². The smallest absolute Gasteiger partial charge is 0.256 e. The van der Waals surface area contributed by atoms with Crippen molar-refractivity contribution in [3.8, 4) is 5.75 Å². The van der Waals surface area contributed by atoms with Gasteiger partial charge in [-0.2, -0.15) is 0 Å². The van der Waals surface area contributed by atoms with Crippen LogP contribution in [0, 0.1) is 12.7 Å². The number of pyridine rings is 1. The highest BCUT2D eigenvalue weighted by Gasteiger charge is 2.14. The zero-order chi connectivity index (χ0) is 16.6. The Balaban J connectivity index is 2.05. The Hall–Kier alpha value is -2.66. The molecular weight excluding hydrogens is 319 g/mol. The molecule has 2 N–H and O–H groups in total. The largest absolute Gasteiger partial charge is 0.506 e. The standard InChI is InChI=1S/C17H12ClFN2O2/c1-9-6-13(12-4-3-11(19)8-14(12)20-9)17(23)21-15-7-10(18)2-5-16(15)22/h2-8,22H,1H3,(H,21,23). The molecule has 0 fully saturated rings. The number of halogens is 2. The summed E-state index contributed by atoms with van der Waals surface area (Å²) in [5.74, 6) is -0.956. The molecule has 23 heavy (non-hydrogen) atoms. The van der Waals surface area contributed by atoms with E-state index in [-0.39, 0.29) is 11.4 Å². The van der Waals surface area contributed by atoms with Crippen LogP contribution >= 0.6 is 11.6 Å². The number of aryl methyl sites for hydroxylation is 1. The molecule has 6 heteroatoms. The predicted molar refractivity (Wildman–Crippen MR) is 87.5 cm³/mol. The lowest BCUT2D eigenvalue weighted by Crippen LogP contribution is -2.13. The monoisotopic (exact) mass is 330 g/mol. The number of nitrogens with one attached hydrogen (secondary N) is 1. The Morgan fingerprint density at radius 1 is 1.22 bits per heavy atom. The molecule has 0 spiro atoms. The van der Waals surface area contributed by atoms with Crippen molar-refractivity contribution in [2.24, 2.45) is 0 Å². The molecule has 0 radical (unpaired) electrons. The second-order valence-electron chi connectivity index (χ2n) is 5.09. The van der Waals surface area contributed by atoms with Crippen molar-refractivity contribution in [3.05, 3.63) is 64.6 Å². The fourth-order valence-electron chi connectivity index (χ4n) is 2.32. The maximum atomic E-state index is 13.4. The summed E-state index contributed by atoms with van der Waals surface area (Å²) in [5, 5.41) is 13.3. The van der Waals surface area contributed by atoms with E-state index in [1.165, 1.54) is 36.4 Å². The molecular formula is C17H12ClFN2O2. The van der Waals surface area contributed by atoms with Crippen molar-refractivity contribution in [2.45, 2.75) is 6.92 Å². The molecule has 1 aromatic heterocycles. The van der Waals surface area contributed by atoms with Crippen LogP contribution in [0.25, 0.3) is 10.9 Å². The van der Waals surface area contributed by atoms with E-state index in [0.717, 1.165) is 0 Å². The first-order valence-corrected chi connectivity index (χ1v) is 7.18. The SMILES string of the molecule is Cc1cc(C(=O)Nc2cc(Cl)ccc2O)c2ccc(F)cc2n1. The molecule has 4 nitrogen and oxygen atoms in total. The van der Waals surface area contributed by atoms with E-state index in [1.54, 1.807) is 13.0 Å². The molecule has 0 saturated carbocycles. The molecule has 1 heterocycles. The average molecular weight is 331 g/mol. The van der Waals surface area contributed by atoms with E-state index in [9.17, 15) is 14.3 Å². The fraction of sp³-hybridized carbons (Fsp3) is 0.0588. The molecule has 0 aliphatic carbocycles. The summed E-state index contributed by atoms with van der Waals surface area (Å²) in [5.41, 5.74) is 1.52. The summed E-state index contributed by atoms with van der Waals surface area (Å²) in [4.78, 5) is 16.8. The quantitative estimate of drug-likeness (QED) is 0.689. The van der Waals surface area contributed by atoms with Gasteiger partial charge in [-0.25, -0.2) is 4.39 Å². The van der Waals surface area contributed by atoms with E-state index in [1.807, 2.05) is 0 Å². The second-order valence-corrected chi connectivity index (χ2v) is 5.52. The van der Waals surface area contributed by atoms with E-state index in [4.69, 9.17) is 11.6 Å². The van der Waals surface area contributed by atoms with Crippen molar-refractivity contribution < 1.29 is 14.3 Å². The van der Waals surface area contributed by atoms with Crippen LogP contribution in [-0.2, 0) is 0 Å². The number of benzene rings is 2. The Labute approximate surface area is 136 Å². The summed E-state index contributed by atoms with van der Waals surface area (Å²) in [6, 6.07) is 10.0. The Morgan fingerprint density at radius 2 is 2.00 bits per heavy atom. The molecule has 1 amide bonds. The van der Waals surface area contributed by atoms with Gasteiger partial charge in [0.1, 0.15) is 11.6 Å². The molecule has 2 aromatic carbocycles. The maximum absolute atomic E-state index is 13.4. The van der Waals surface area contributed by atoms with Gasteiger partial charge in [0.05, 0.1) is 16.8 Å². The van der Waals surface area contributed by atoms with Crippen LogP contribution in [0.1, 0.15) is 16.1 Å². The van der Waals surface area contributed by atoms with Crippen molar-refractivity contribution in [2.75, 3.05) is 5.32 Å². The summed E-state index contributed by atoms with van der Waals surface area (Å²) >= 11 is 5.87. The van der Waals surface area contributed by atoms with E-state index >= 15 is 0 Å². The Morgan fingerprint density at radius 3 is 2.78 bits per heavy atom. The molecule has 0 atom stereocenters. The van der Waals surface area contributed by atoms with Gasteiger partial charge in [-0.1, -0.05) is 11.6 Å². The highest BCUT2D eigenvalue weighted by molar-refractivity contribution is 6.31. The first kappa shape index (κ1) is 15.2. The van der Waals surface area contributed by atoms with Gasteiger partial charge in [-0.15, -0.1) is 0 Å². The van der Waals surface area contributed by atoms with Crippen LogP contribution in [0.2, 0.25) is 5.02 Å². The lowest BCUT2D eigenvalue weighted by atomic mass is 10.1. The second kappa shape index (κ2) is 5.85. The van der Waals surface area contributed by atoms with Crippen LogP contribution in [0.15, 0.2) is 42.5 Å². The first-order valence-electron chi connectivity index (χ1n) is 6.81. The van der Waals surface area contributed by atoms with E-state index in [0.29, 0.717) is 27.2 Å². The predicted octanol–water partition coefficient (Wildman–Crippen LogP) is 4.29. The Kier molecular flexibility index (Phi) is 3.88. The number of amides is 1. The summed E-state index contributed by atoms with van der Waals surface area (Å²) in [7, 11) is 0. The highest BCUT2D eigenvalue weighted by atomic mass is 35.5. The molecule has 0 aliphatic heterocycles.